The van der Waals surface area contributed by atoms with E-state index in [-0.39, 0.29) is 23.8 Å². The van der Waals surface area contributed by atoms with Gasteiger partial charge in [0.1, 0.15) is 5.82 Å². The Morgan fingerprint density at radius 3 is 2.36 bits per heavy atom. The molecular weight excluding hydrogens is 431 g/mol. The molecule has 0 aliphatic carbocycles. The summed E-state index contributed by atoms with van der Waals surface area (Å²) in [5, 5.41) is 7.31. The maximum Gasteiger partial charge on any atom is 0.359 e. The van der Waals surface area contributed by atoms with Crippen molar-refractivity contribution in [2.75, 3.05) is 25.5 Å². The van der Waals surface area contributed by atoms with Crippen LogP contribution in [-0.2, 0) is 14.3 Å². The van der Waals surface area contributed by atoms with Gasteiger partial charge in [-0.3, -0.25) is 14.4 Å². The van der Waals surface area contributed by atoms with Crippen LogP contribution < -0.4 is 10.9 Å². The highest BCUT2D eigenvalue weighted by Crippen LogP contribution is 2.16. The minimum absolute atomic E-state index is 0.0802. The molecule has 172 valence electrons. The van der Waals surface area contributed by atoms with E-state index in [1.807, 2.05) is 0 Å². The van der Waals surface area contributed by atoms with Gasteiger partial charge >= 0.3 is 5.97 Å². The second kappa shape index (κ2) is 10.0. The Kier molecular flexibility index (Phi) is 7.17. The first-order valence-corrected chi connectivity index (χ1v) is 10.2. The number of nitrogens with zero attached hydrogens (tertiary/aromatic N) is 3. The molecule has 33 heavy (non-hydrogen) atoms. The lowest BCUT2D eigenvalue weighted by atomic mass is 10.1. The molecule has 0 bridgehead atoms. The number of halogens is 1. The molecule has 0 fully saturated rings. The maximum atomic E-state index is 13.0. The molecular formula is C23H23FN4O5. The van der Waals surface area contributed by atoms with Gasteiger partial charge in [0.25, 0.3) is 11.5 Å². The van der Waals surface area contributed by atoms with Crippen LogP contribution in [0.5, 0.6) is 0 Å². The largest absolute Gasteiger partial charge is 0.451 e. The Bertz CT molecular complexity index is 1250. The quantitative estimate of drug-likeness (QED) is 0.549. The zero-order valence-corrected chi connectivity index (χ0v) is 18.4. The molecule has 10 heteroatoms. The first kappa shape index (κ1) is 23.6. The number of nitrogens with one attached hydrogen (secondary N) is 1. The molecule has 1 heterocycles. The molecule has 0 aliphatic rings. The van der Waals surface area contributed by atoms with Crippen molar-refractivity contribution in [3.05, 3.63) is 70.4 Å². The molecule has 1 aromatic heterocycles. The standard InChI is InChI=1S/C23H23FN4O5/c1-14(2)28-22(31)18-7-5-4-6-17(18)21(26-28)23(32)33-13-20(30)27(3)12-19(29)25-16-10-8-15(24)9-11-16/h4-11,14H,12-13H2,1-3H3,(H,25,29). The minimum Gasteiger partial charge on any atom is -0.451 e. The summed E-state index contributed by atoms with van der Waals surface area (Å²) in [4.78, 5) is 50.8. The first-order valence-electron chi connectivity index (χ1n) is 10.2. The molecule has 0 unspecified atom stereocenters. The third-order valence-corrected chi connectivity index (χ3v) is 4.77. The minimum atomic E-state index is -0.863. The van der Waals surface area contributed by atoms with Gasteiger partial charge in [-0.15, -0.1) is 0 Å². The number of carbonyl (C=O) groups is 3. The van der Waals surface area contributed by atoms with E-state index in [0.717, 1.165) is 4.90 Å². The van der Waals surface area contributed by atoms with Crippen LogP contribution in [0.1, 0.15) is 30.4 Å². The van der Waals surface area contributed by atoms with Crippen LogP contribution in [0.3, 0.4) is 0 Å². The van der Waals surface area contributed by atoms with E-state index in [1.54, 1.807) is 38.1 Å². The number of fused-ring (bicyclic) bond motifs is 1. The zero-order chi connectivity index (χ0) is 24.1. The van der Waals surface area contributed by atoms with Crippen molar-refractivity contribution in [2.45, 2.75) is 19.9 Å². The third-order valence-electron chi connectivity index (χ3n) is 4.77. The van der Waals surface area contributed by atoms with Crippen molar-refractivity contribution in [3.8, 4) is 0 Å². The van der Waals surface area contributed by atoms with E-state index < -0.39 is 30.2 Å². The van der Waals surface area contributed by atoms with Crippen LogP contribution in [0.4, 0.5) is 10.1 Å². The number of carbonyl (C=O) groups excluding carboxylic acids is 3. The van der Waals surface area contributed by atoms with Crippen molar-refractivity contribution < 1.29 is 23.5 Å². The zero-order valence-electron chi connectivity index (χ0n) is 18.4. The smallest absolute Gasteiger partial charge is 0.359 e. The molecule has 3 rings (SSSR count). The van der Waals surface area contributed by atoms with Gasteiger partial charge in [0, 0.05) is 18.1 Å². The van der Waals surface area contributed by atoms with Gasteiger partial charge in [0.15, 0.2) is 12.3 Å². The number of aromatic nitrogens is 2. The first-order chi connectivity index (χ1) is 15.7. The molecule has 0 spiro atoms. The van der Waals surface area contributed by atoms with E-state index in [0.29, 0.717) is 16.5 Å². The van der Waals surface area contributed by atoms with Gasteiger partial charge in [-0.1, -0.05) is 18.2 Å². The summed E-state index contributed by atoms with van der Waals surface area (Å²) in [6.45, 7) is 2.60. The van der Waals surface area contributed by atoms with Crippen molar-refractivity contribution in [3.63, 3.8) is 0 Å². The summed E-state index contributed by atoms with van der Waals surface area (Å²) in [6.07, 6.45) is 0. The van der Waals surface area contributed by atoms with Gasteiger partial charge in [-0.25, -0.2) is 13.9 Å². The number of ether oxygens (including phenoxy) is 1. The molecule has 1 N–H and O–H groups in total. The molecule has 3 aromatic rings. The summed E-state index contributed by atoms with van der Waals surface area (Å²) in [6, 6.07) is 11.4. The fraction of sp³-hybridized carbons (Fsp3) is 0.261. The summed E-state index contributed by atoms with van der Waals surface area (Å²) < 4.78 is 19.3. The van der Waals surface area contributed by atoms with Crippen molar-refractivity contribution in [2.24, 2.45) is 0 Å². The van der Waals surface area contributed by atoms with Gasteiger partial charge in [0.2, 0.25) is 5.91 Å². The number of hydrogen-bond donors (Lipinski definition) is 1. The molecule has 0 saturated heterocycles. The number of benzene rings is 2. The Morgan fingerprint density at radius 1 is 1.09 bits per heavy atom. The normalized spacial score (nSPS) is 10.8. The van der Waals surface area contributed by atoms with Crippen LogP contribution in [0, 0.1) is 5.82 Å². The number of amides is 2. The highest BCUT2D eigenvalue weighted by Gasteiger charge is 2.21. The average molecular weight is 454 g/mol. The highest BCUT2D eigenvalue weighted by molar-refractivity contribution is 6.02. The molecule has 0 saturated carbocycles. The Morgan fingerprint density at radius 2 is 1.73 bits per heavy atom. The van der Waals surface area contributed by atoms with Crippen LogP contribution in [0.25, 0.3) is 10.8 Å². The number of rotatable bonds is 7. The van der Waals surface area contributed by atoms with Crippen LogP contribution in [0.2, 0.25) is 0 Å². The molecule has 0 radical (unpaired) electrons. The summed E-state index contributed by atoms with van der Waals surface area (Å²) in [7, 11) is 1.38. The van der Waals surface area contributed by atoms with E-state index >= 15 is 0 Å². The maximum absolute atomic E-state index is 13.0. The molecule has 0 atom stereocenters. The lowest BCUT2D eigenvalue weighted by molar-refractivity contribution is -0.136. The predicted molar refractivity (Wildman–Crippen MR) is 119 cm³/mol. The number of likely N-dealkylation sites (N-methyl/N-ethyl adjacent to an activating group) is 1. The number of hydrogen-bond acceptors (Lipinski definition) is 6. The summed E-state index contributed by atoms with van der Waals surface area (Å²) in [5.74, 6) is -2.41. The SMILES string of the molecule is CC(C)n1nc(C(=O)OCC(=O)N(C)CC(=O)Nc2ccc(F)cc2)c2ccccc2c1=O. The second-order valence-electron chi connectivity index (χ2n) is 7.62. The Labute approximate surface area is 188 Å². The van der Waals surface area contributed by atoms with E-state index in [1.165, 1.54) is 36.0 Å². The number of anilines is 1. The molecule has 2 aromatic carbocycles. The monoisotopic (exact) mass is 454 g/mol. The Hall–Kier alpha value is -4.08. The average Bonchev–Trinajstić information content (AvgIpc) is 2.78. The lowest BCUT2D eigenvalue weighted by Gasteiger charge is -2.17. The molecule has 0 aliphatic heterocycles. The van der Waals surface area contributed by atoms with E-state index in [9.17, 15) is 23.6 Å². The van der Waals surface area contributed by atoms with Crippen LogP contribution in [-0.4, -0.2) is 52.7 Å². The number of esters is 1. The van der Waals surface area contributed by atoms with Crippen molar-refractivity contribution >= 4 is 34.2 Å². The molecule has 2 amide bonds. The van der Waals surface area contributed by atoms with Crippen molar-refractivity contribution in [1.29, 1.82) is 0 Å². The summed E-state index contributed by atoms with van der Waals surface area (Å²) in [5.41, 5.74) is -0.0320. The fourth-order valence-corrected chi connectivity index (χ4v) is 3.05. The lowest BCUT2D eigenvalue weighted by Crippen LogP contribution is -2.37. The fourth-order valence-electron chi connectivity index (χ4n) is 3.05. The summed E-state index contributed by atoms with van der Waals surface area (Å²) >= 11 is 0. The molecule has 9 nitrogen and oxygen atoms in total. The van der Waals surface area contributed by atoms with Crippen LogP contribution in [0.15, 0.2) is 53.3 Å². The Balaban J connectivity index is 1.65. The highest BCUT2D eigenvalue weighted by atomic mass is 19.1. The predicted octanol–water partition coefficient (Wildman–Crippen LogP) is 2.37. The van der Waals surface area contributed by atoms with Gasteiger partial charge in [-0.2, -0.15) is 5.10 Å². The van der Waals surface area contributed by atoms with Gasteiger partial charge in [0.05, 0.1) is 18.0 Å². The van der Waals surface area contributed by atoms with Gasteiger partial charge < -0.3 is 15.0 Å². The van der Waals surface area contributed by atoms with Crippen LogP contribution >= 0.6 is 0 Å². The third kappa shape index (κ3) is 5.59. The van der Waals surface area contributed by atoms with E-state index in [4.69, 9.17) is 4.74 Å². The topological polar surface area (TPSA) is 111 Å². The van der Waals surface area contributed by atoms with Gasteiger partial charge in [-0.05, 0) is 44.2 Å². The van der Waals surface area contributed by atoms with E-state index in [2.05, 4.69) is 10.4 Å². The second-order valence-corrected chi connectivity index (χ2v) is 7.62. The van der Waals surface area contributed by atoms with Crippen molar-refractivity contribution in [1.82, 2.24) is 14.7 Å².